The number of sulfonamides is 1. The molecular formula is C28H26N4O5S. The summed E-state index contributed by atoms with van der Waals surface area (Å²) in [4.78, 5) is 30.6. The van der Waals surface area contributed by atoms with E-state index < -0.39 is 10.0 Å². The molecule has 0 saturated carbocycles. The highest BCUT2D eigenvalue weighted by atomic mass is 32.2. The average molecular weight is 531 g/mol. The largest absolute Gasteiger partial charge is 0.497 e. The van der Waals surface area contributed by atoms with Crippen LogP contribution >= 0.6 is 0 Å². The number of pyridine rings is 2. The Morgan fingerprint density at radius 1 is 1.00 bits per heavy atom. The number of aromatic nitrogens is 2. The number of amides is 1. The van der Waals surface area contributed by atoms with Crippen LogP contribution in [0.5, 0.6) is 5.75 Å². The van der Waals surface area contributed by atoms with Gasteiger partial charge in [-0.05, 0) is 60.9 Å². The first-order chi connectivity index (χ1) is 18.3. The third kappa shape index (κ3) is 4.15. The van der Waals surface area contributed by atoms with Crippen LogP contribution in [0.15, 0.2) is 82.6 Å². The quantitative estimate of drug-likeness (QED) is 0.423. The molecule has 4 heterocycles. The highest BCUT2D eigenvalue weighted by Gasteiger charge is 2.40. The van der Waals surface area contributed by atoms with Crippen molar-refractivity contribution in [3.63, 3.8) is 0 Å². The topological polar surface area (TPSA) is 111 Å². The van der Waals surface area contributed by atoms with Gasteiger partial charge in [-0.25, -0.2) is 8.42 Å². The number of carbonyl (C=O) groups is 1. The molecule has 2 aromatic heterocycles. The number of rotatable bonds is 5. The molecule has 1 N–H and O–H groups in total. The van der Waals surface area contributed by atoms with Crippen LogP contribution in [0.1, 0.15) is 28.4 Å². The van der Waals surface area contributed by atoms with Crippen LogP contribution in [-0.4, -0.2) is 48.4 Å². The van der Waals surface area contributed by atoms with Crippen molar-refractivity contribution in [3.05, 3.63) is 94.5 Å². The Kier molecular flexibility index (Phi) is 6.00. The second-order valence-electron chi connectivity index (χ2n) is 9.72. The molecule has 6 rings (SSSR count). The maximum Gasteiger partial charge on any atom is 0.274 e. The number of ether oxygens (including phenoxy) is 1. The zero-order valence-corrected chi connectivity index (χ0v) is 21.5. The molecule has 2 aromatic carbocycles. The normalized spacial score (nSPS) is 19.1. The van der Waals surface area contributed by atoms with Crippen LogP contribution in [0, 0.1) is 5.92 Å². The lowest BCUT2D eigenvalue weighted by molar-refractivity contribution is 0.102. The summed E-state index contributed by atoms with van der Waals surface area (Å²) in [6.45, 7) is 0.978. The van der Waals surface area contributed by atoms with Crippen molar-refractivity contribution in [2.75, 3.05) is 25.5 Å². The summed E-state index contributed by atoms with van der Waals surface area (Å²) < 4.78 is 35.8. The van der Waals surface area contributed by atoms with Crippen molar-refractivity contribution in [3.8, 4) is 5.75 Å². The van der Waals surface area contributed by atoms with Gasteiger partial charge in [0.2, 0.25) is 10.0 Å². The van der Waals surface area contributed by atoms with Crippen LogP contribution in [0.2, 0.25) is 0 Å². The minimum Gasteiger partial charge on any atom is -0.497 e. The number of piperidine rings is 1. The Labute approximate surface area is 219 Å². The van der Waals surface area contributed by atoms with E-state index in [2.05, 4.69) is 10.3 Å². The lowest BCUT2D eigenvalue weighted by Gasteiger charge is -2.42. The number of hydrogen-bond donors (Lipinski definition) is 1. The molecule has 0 aliphatic carbocycles. The van der Waals surface area contributed by atoms with Crippen molar-refractivity contribution >= 4 is 32.5 Å². The molecule has 2 aliphatic rings. The smallest absolute Gasteiger partial charge is 0.274 e. The third-order valence-electron chi connectivity index (χ3n) is 7.38. The van der Waals surface area contributed by atoms with Crippen molar-refractivity contribution in [2.24, 2.45) is 5.92 Å². The Morgan fingerprint density at radius 2 is 1.79 bits per heavy atom. The van der Waals surface area contributed by atoms with Gasteiger partial charge in [-0.15, -0.1) is 0 Å². The van der Waals surface area contributed by atoms with Crippen LogP contribution in [0.4, 0.5) is 5.69 Å². The standard InChI is InChI=1S/C28H26N4O5S/c1-37-22-9-7-20(8-10-22)27(33)30-23-11-12-24-21-14-18(16-32(24)28(23)34)15-31(17-21)38(35,36)25-6-2-4-19-5-3-13-29-26(19)25/h2-13,18,21H,14-17H2,1H3,(H,30,33). The van der Waals surface area contributed by atoms with Crippen molar-refractivity contribution in [1.29, 1.82) is 0 Å². The van der Waals surface area contributed by atoms with Crippen molar-refractivity contribution < 1.29 is 17.9 Å². The van der Waals surface area contributed by atoms with E-state index in [-0.39, 0.29) is 40.4 Å². The van der Waals surface area contributed by atoms with Crippen LogP contribution < -0.4 is 15.6 Å². The molecule has 4 aromatic rings. The van der Waals surface area contributed by atoms with Crippen molar-refractivity contribution in [1.82, 2.24) is 13.9 Å². The summed E-state index contributed by atoms with van der Waals surface area (Å²) in [7, 11) is -2.24. The zero-order valence-electron chi connectivity index (χ0n) is 20.7. The Bertz CT molecular complexity index is 1710. The van der Waals surface area contributed by atoms with Gasteiger partial charge >= 0.3 is 0 Å². The SMILES string of the molecule is COc1ccc(C(=O)Nc2ccc3n(c2=O)CC2CC3CN(S(=O)(=O)c3cccc4cccnc34)C2)cc1. The summed E-state index contributed by atoms with van der Waals surface area (Å²) in [5.74, 6) is 0.0976. The van der Waals surface area contributed by atoms with E-state index in [0.29, 0.717) is 29.9 Å². The maximum atomic E-state index is 13.7. The van der Waals surface area contributed by atoms with Crippen LogP contribution in [-0.2, 0) is 16.6 Å². The first kappa shape index (κ1) is 24.3. The number of nitrogens with zero attached hydrogens (tertiary/aromatic N) is 3. The van der Waals surface area contributed by atoms with Crippen LogP contribution in [0.25, 0.3) is 10.9 Å². The fraction of sp³-hybridized carbons (Fsp3) is 0.250. The van der Waals surface area contributed by atoms with Gasteiger partial charge < -0.3 is 14.6 Å². The number of anilines is 1. The number of benzene rings is 2. The van der Waals surface area contributed by atoms with Gasteiger partial charge in [0.25, 0.3) is 11.5 Å². The highest BCUT2D eigenvalue weighted by Crippen LogP contribution is 2.38. The number of carbonyl (C=O) groups excluding carboxylic acids is 1. The summed E-state index contributed by atoms with van der Waals surface area (Å²) in [6, 6.07) is 18.9. The molecule has 9 nitrogen and oxygen atoms in total. The number of para-hydroxylation sites is 1. The van der Waals surface area contributed by atoms with E-state index in [1.54, 1.807) is 66.4 Å². The second-order valence-corrected chi connectivity index (χ2v) is 11.6. The number of hydrogen-bond acceptors (Lipinski definition) is 6. The molecule has 10 heteroatoms. The molecule has 2 unspecified atom stereocenters. The van der Waals surface area contributed by atoms with E-state index in [1.807, 2.05) is 18.2 Å². The van der Waals surface area contributed by atoms with Gasteiger partial charge in [0.05, 0.1) is 12.6 Å². The van der Waals surface area contributed by atoms with Crippen molar-refractivity contribution in [2.45, 2.75) is 23.8 Å². The molecule has 0 spiro atoms. The summed E-state index contributed by atoms with van der Waals surface area (Å²) in [5.41, 5.74) is 1.56. The fourth-order valence-corrected chi connectivity index (χ4v) is 7.28. The lowest BCUT2D eigenvalue weighted by atomic mass is 9.84. The third-order valence-corrected chi connectivity index (χ3v) is 9.25. The van der Waals surface area contributed by atoms with Gasteiger partial charge in [0, 0.05) is 48.4 Å². The number of methoxy groups -OCH3 is 1. The van der Waals surface area contributed by atoms with E-state index in [0.717, 1.165) is 17.5 Å². The zero-order chi connectivity index (χ0) is 26.4. The molecule has 0 radical (unpaired) electrons. The molecule has 2 bridgehead atoms. The summed E-state index contributed by atoms with van der Waals surface area (Å²) in [6.07, 6.45) is 2.40. The van der Waals surface area contributed by atoms with E-state index in [9.17, 15) is 18.0 Å². The van der Waals surface area contributed by atoms with Gasteiger partial charge in [0.15, 0.2) is 0 Å². The number of nitrogens with one attached hydrogen (secondary N) is 1. The fourth-order valence-electron chi connectivity index (χ4n) is 5.55. The molecular weight excluding hydrogens is 504 g/mol. The van der Waals surface area contributed by atoms with E-state index in [4.69, 9.17) is 4.74 Å². The molecule has 194 valence electrons. The second kappa shape index (κ2) is 9.38. The molecule has 1 amide bonds. The lowest BCUT2D eigenvalue weighted by Crippen LogP contribution is -2.49. The molecule has 1 fully saturated rings. The summed E-state index contributed by atoms with van der Waals surface area (Å²) >= 11 is 0. The Morgan fingerprint density at radius 3 is 2.58 bits per heavy atom. The Hall–Kier alpha value is -4.02. The molecule has 1 saturated heterocycles. The predicted octanol–water partition coefficient (Wildman–Crippen LogP) is 3.47. The monoisotopic (exact) mass is 530 g/mol. The molecule has 2 aliphatic heterocycles. The maximum absolute atomic E-state index is 13.7. The van der Waals surface area contributed by atoms with Crippen LogP contribution in [0.3, 0.4) is 0 Å². The Balaban J connectivity index is 1.27. The minimum atomic E-state index is -3.79. The average Bonchev–Trinajstić information content (AvgIpc) is 2.94. The first-order valence-electron chi connectivity index (χ1n) is 12.4. The van der Waals surface area contributed by atoms with E-state index >= 15 is 0 Å². The highest BCUT2D eigenvalue weighted by molar-refractivity contribution is 7.89. The molecule has 38 heavy (non-hydrogen) atoms. The minimum absolute atomic E-state index is 0.0239. The summed E-state index contributed by atoms with van der Waals surface area (Å²) in [5, 5.41) is 3.50. The molecule has 2 atom stereocenters. The first-order valence-corrected chi connectivity index (χ1v) is 13.8. The van der Waals surface area contributed by atoms with Gasteiger partial charge in [-0.3, -0.25) is 14.6 Å². The number of fused-ring (bicyclic) bond motifs is 5. The van der Waals surface area contributed by atoms with Gasteiger partial charge in [-0.1, -0.05) is 18.2 Å². The predicted molar refractivity (Wildman–Crippen MR) is 143 cm³/mol. The van der Waals surface area contributed by atoms with E-state index in [1.165, 1.54) is 4.31 Å². The van der Waals surface area contributed by atoms with Gasteiger partial charge in [0.1, 0.15) is 16.3 Å². The van der Waals surface area contributed by atoms with Gasteiger partial charge in [-0.2, -0.15) is 4.31 Å².